The number of nitrogens with one attached hydrogen (secondary N) is 1. The normalized spacial score (nSPS) is 11.0. The first kappa shape index (κ1) is 21.7. The number of para-hydroxylation sites is 1. The molecule has 31 heavy (non-hydrogen) atoms. The van der Waals surface area contributed by atoms with Crippen LogP contribution in [-0.4, -0.2) is 21.9 Å². The third-order valence-electron chi connectivity index (χ3n) is 4.99. The van der Waals surface area contributed by atoms with E-state index in [0.29, 0.717) is 11.6 Å². The lowest BCUT2D eigenvalue weighted by molar-refractivity contribution is 0.0947. The molecule has 7 heteroatoms. The van der Waals surface area contributed by atoms with Crippen molar-refractivity contribution < 1.29 is 4.79 Å². The number of aryl methyl sites for hydroxylation is 1. The molecule has 3 aromatic rings. The number of hydrazone groups is 1. The molecule has 1 N–H and O–H groups in total. The van der Waals surface area contributed by atoms with E-state index >= 15 is 0 Å². The number of benzene rings is 2. The fraction of sp³-hybridized carbons (Fsp3) is 0.208. The summed E-state index contributed by atoms with van der Waals surface area (Å²) in [5.74, 6) is -0.176. The monoisotopic (exact) mass is 413 g/mol. The smallest absolute Gasteiger partial charge is 0.266 e. The average Bonchev–Trinajstić information content (AvgIpc) is 2.75. The maximum Gasteiger partial charge on any atom is 0.292 e. The number of aromatic nitrogens is 2. The lowest BCUT2D eigenvalue weighted by Crippen LogP contribution is -2.31. The van der Waals surface area contributed by atoms with Crippen molar-refractivity contribution in [3.05, 3.63) is 92.4 Å². The van der Waals surface area contributed by atoms with Crippen LogP contribution in [0.15, 0.2) is 58.4 Å². The van der Waals surface area contributed by atoms with Gasteiger partial charge in [-0.1, -0.05) is 56.3 Å². The molecule has 1 amide bonds. The summed E-state index contributed by atoms with van der Waals surface area (Å²) in [5, 5.41) is 17.7. The van der Waals surface area contributed by atoms with E-state index in [0.717, 1.165) is 15.8 Å². The molecular formula is C24H23N5O2. The summed E-state index contributed by atoms with van der Waals surface area (Å²) >= 11 is 0. The Hall–Kier alpha value is -4.05. The Labute approximate surface area is 180 Å². The van der Waals surface area contributed by atoms with Crippen molar-refractivity contribution in [2.45, 2.75) is 33.6 Å². The highest BCUT2D eigenvalue weighted by molar-refractivity contribution is 5.94. The number of nitrogens with zero attached hydrogens (tertiary/aromatic N) is 4. The largest absolute Gasteiger partial charge is 0.292 e. The minimum absolute atomic E-state index is 0.0355. The van der Waals surface area contributed by atoms with Gasteiger partial charge in [0.15, 0.2) is 5.69 Å². The first-order chi connectivity index (χ1) is 14.8. The fourth-order valence-corrected chi connectivity index (χ4v) is 3.10. The Morgan fingerprint density at radius 3 is 2.45 bits per heavy atom. The van der Waals surface area contributed by atoms with E-state index in [4.69, 9.17) is 0 Å². The van der Waals surface area contributed by atoms with E-state index < -0.39 is 11.5 Å². The number of hydrogen-bond donors (Lipinski definition) is 1. The Balaban J connectivity index is 1.92. The quantitative estimate of drug-likeness (QED) is 0.510. The number of hydrogen-bond acceptors (Lipinski definition) is 5. The van der Waals surface area contributed by atoms with Gasteiger partial charge in [0.1, 0.15) is 11.6 Å². The minimum atomic E-state index is -0.605. The molecule has 0 aliphatic carbocycles. The van der Waals surface area contributed by atoms with Gasteiger partial charge in [0.2, 0.25) is 0 Å². The van der Waals surface area contributed by atoms with E-state index in [1.54, 1.807) is 12.1 Å². The summed E-state index contributed by atoms with van der Waals surface area (Å²) in [4.78, 5) is 25.5. The number of amides is 1. The number of carbonyl (C=O) groups excluding carboxylic acids is 1. The molecule has 0 bridgehead atoms. The van der Waals surface area contributed by atoms with Crippen LogP contribution in [0.25, 0.3) is 5.69 Å². The van der Waals surface area contributed by atoms with Crippen LogP contribution in [0.3, 0.4) is 0 Å². The second-order valence-electron chi connectivity index (χ2n) is 7.48. The van der Waals surface area contributed by atoms with E-state index in [-0.39, 0.29) is 16.8 Å². The van der Waals surface area contributed by atoms with Crippen LogP contribution in [0.5, 0.6) is 0 Å². The molecule has 156 valence electrons. The van der Waals surface area contributed by atoms with Crippen molar-refractivity contribution in [2.75, 3.05) is 0 Å². The molecule has 3 rings (SSSR count). The second kappa shape index (κ2) is 9.18. The van der Waals surface area contributed by atoms with Gasteiger partial charge in [-0.2, -0.15) is 20.1 Å². The first-order valence-corrected chi connectivity index (χ1v) is 9.87. The molecule has 1 aromatic heterocycles. The third kappa shape index (κ3) is 4.59. The summed E-state index contributed by atoms with van der Waals surface area (Å²) in [7, 11) is 0. The van der Waals surface area contributed by atoms with Crippen molar-refractivity contribution in [2.24, 2.45) is 5.10 Å². The Morgan fingerprint density at radius 1 is 1.16 bits per heavy atom. The molecule has 0 atom stereocenters. The Bertz CT molecular complexity index is 1250. The van der Waals surface area contributed by atoms with Crippen molar-refractivity contribution in [3.63, 3.8) is 0 Å². The molecule has 0 saturated carbocycles. The standard InChI is InChI=1S/C24H23N5O2/c1-15(2)19-11-9-18(10-12-19)14-26-27-23(30)22-17(4)20(13-25)24(31)29(28-22)21-8-6-5-7-16(21)3/h5-12,14-15H,1-4H3,(H,27,30)/b26-14+. The van der Waals surface area contributed by atoms with Crippen molar-refractivity contribution in [1.82, 2.24) is 15.2 Å². The van der Waals surface area contributed by atoms with Gasteiger partial charge in [-0.25, -0.2) is 5.43 Å². The zero-order chi connectivity index (χ0) is 22.5. The van der Waals surface area contributed by atoms with Crippen LogP contribution in [0.4, 0.5) is 0 Å². The van der Waals surface area contributed by atoms with Gasteiger partial charge in [0, 0.05) is 5.56 Å². The average molecular weight is 413 g/mol. The number of carbonyl (C=O) groups is 1. The first-order valence-electron chi connectivity index (χ1n) is 9.87. The molecular weight excluding hydrogens is 390 g/mol. The lowest BCUT2D eigenvalue weighted by atomic mass is 10.0. The van der Waals surface area contributed by atoms with Crippen LogP contribution in [-0.2, 0) is 0 Å². The van der Waals surface area contributed by atoms with Crippen molar-refractivity contribution in [1.29, 1.82) is 5.26 Å². The highest BCUT2D eigenvalue weighted by atomic mass is 16.2. The van der Waals surface area contributed by atoms with E-state index in [2.05, 4.69) is 29.5 Å². The molecule has 0 spiro atoms. The SMILES string of the molecule is Cc1ccccc1-n1nc(C(=O)N/N=C/c2ccc(C(C)C)cc2)c(C)c(C#N)c1=O. The molecule has 0 saturated heterocycles. The summed E-state index contributed by atoms with van der Waals surface area (Å²) in [6.07, 6.45) is 1.53. The summed E-state index contributed by atoms with van der Waals surface area (Å²) in [6.45, 7) is 7.58. The number of rotatable bonds is 5. The van der Waals surface area contributed by atoms with Gasteiger partial charge in [-0.05, 0) is 42.5 Å². The van der Waals surface area contributed by atoms with Gasteiger partial charge >= 0.3 is 0 Å². The maximum atomic E-state index is 12.7. The lowest BCUT2D eigenvalue weighted by Gasteiger charge is -2.12. The topological polar surface area (TPSA) is 100 Å². The minimum Gasteiger partial charge on any atom is -0.266 e. The molecule has 7 nitrogen and oxygen atoms in total. The fourth-order valence-electron chi connectivity index (χ4n) is 3.10. The van der Waals surface area contributed by atoms with Gasteiger partial charge in [0.05, 0.1) is 11.9 Å². The Morgan fingerprint density at radius 2 is 1.84 bits per heavy atom. The molecule has 0 radical (unpaired) electrons. The molecule has 0 fully saturated rings. The van der Waals surface area contributed by atoms with E-state index in [1.165, 1.54) is 18.7 Å². The van der Waals surface area contributed by atoms with Gasteiger partial charge < -0.3 is 0 Å². The molecule has 0 aliphatic rings. The van der Waals surface area contributed by atoms with Crippen molar-refractivity contribution in [3.8, 4) is 11.8 Å². The predicted molar refractivity (Wildman–Crippen MR) is 120 cm³/mol. The molecule has 0 aliphatic heterocycles. The zero-order valence-electron chi connectivity index (χ0n) is 17.9. The molecule has 2 aromatic carbocycles. The van der Waals surface area contributed by atoms with Gasteiger partial charge in [-0.3, -0.25) is 9.59 Å². The summed E-state index contributed by atoms with van der Waals surface area (Å²) in [5.41, 5.74) is 5.25. The van der Waals surface area contributed by atoms with E-state index in [1.807, 2.05) is 49.4 Å². The second-order valence-corrected chi connectivity index (χ2v) is 7.48. The predicted octanol–water partition coefficient (Wildman–Crippen LogP) is 3.61. The molecule has 1 heterocycles. The third-order valence-corrected chi connectivity index (χ3v) is 4.99. The summed E-state index contributed by atoms with van der Waals surface area (Å²) in [6, 6.07) is 16.9. The number of nitriles is 1. The Kier molecular flexibility index (Phi) is 6.41. The van der Waals surface area contributed by atoms with Crippen LogP contribution in [0.2, 0.25) is 0 Å². The van der Waals surface area contributed by atoms with Gasteiger partial charge in [0.25, 0.3) is 11.5 Å². The maximum absolute atomic E-state index is 12.7. The van der Waals surface area contributed by atoms with E-state index in [9.17, 15) is 14.9 Å². The van der Waals surface area contributed by atoms with Crippen molar-refractivity contribution >= 4 is 12.1 Å². The van der Waals surface area contributed by atoms with Crippen LogP contribution in [0.1, 0.15) is 58.1 Å². The highest BCUT2D eigenvalue weighted by Crippen LogP contribution is 2.15. The zero-order valence-corrected chi connectivity index (χ0v) is 17.9. The summed E-state index contributed by atoms with van der Waals surface area (Å²) < 4.78 is 1.09. The van der Waals surface area contributed by atoms with Crippen LogP contribution >= 0.6 is 0 Å². The van der Waals surface area contributed by atoms with Crippen LogP contribution < -0.4 is 11.0 Å². The van der Waals surface area contributed by atoms with Gasteiger partial charge in [-0.15, -0.1) is 0 Å². The van der Waals surface area contributed by atoms with Crippen LogP contribution in [0, 0.1) is 25.2 Å². The highest BCUT2D eigenvalue weighted by Gasteiger charge is 2.20. The molecule has 0 unspecified atom stereocenters.